The Morgan fingerprint density at radius 2 is 1.70 bits per heavy atom. The van der Waals surface area contributed by atoms with E-state index in [1.165, 1.54) is 12.8 Å². The van der Waals surface area contributed by atoms with Crippen molar-refractivity contribution in [2.45, 2.75) is 39.5 Å². The van der Waals surface area contributed by atoms with Crippen LogP contribution in [-0.4, -0.2) is 6.16 Å². The summed E-state index contributed by atoms with van der Waals surface area (Å²) in [5.41, 5.74) is 2.12. The largest absolute Gasteiger partial charge is 0.439 e. The van der Waals surface area contributed by atoms with E-state index in [2.05, 4.69) is 19.9 Å². The van der Waals surface area contributed by atoms with Crippen LogP contribution in [0.1, 0.15) is 39.5 Å². The van der Waals surface area contributed by atoms with Gasteiger partial charge in [-0.25, -0.2) is 0 Å². The molecule has 0 N–H and O–H groups in total. The molecule has 0 aliphatic carbocycles. The Balaban J connectivity index is 1.99. The zero-order valence-corrected chi connectivity index (χ0v) is 14.9. The first-order valence-corrected chi connectivity index (χ1v) is 10.5. The van der Waals surface area contributed by atoms with E-state index in [1.807, 2.05) is 42.5 Å². The summed E-state index contributed by atoms with van der Waals surface area (Å²) in [6.45, 7) is 4.40. The first-order chi connectivity index (χ1) is 11.2. The molecule has 2 nitrogen and oxygen atoms in total. The summed E-state index contributed by atoms with van der Waals surface area (Å²) in [5, 5.41) is 0.897. The molecule has 0 spiro atoms. The highest BCUT2D eigenvalue weighted by atomic mass is 31.2. The minimum Gasteiger partial charge on any atom is -0.439 e. The molecule has 0 amide bonds. The van der Waals surface area contributed by atoms with Gasteiger partial charge in [-0.2, -0.15) is 0 Å². The van der Waals surface area contributed by atoms with Crippen molar-refractivity contribution in [1.82, 2.24) is 0 Å². The molecule has 0 radical (unpaired) electrons. The van der Waals surface area contributed by atoms with Crippen LogP contribution < -0.4 is 9.83 Å². The van der Waals surface area contributed by atoms with Gasteiger partial charge in [0, 0.05) is 11.7 Å². The van der Waals surface area contributed by atoms with Crippen LogP contribution in [0.2, 0.25) is 0 Å². The molecule has 2 aromatic carbocycles. The van der Waals surface area contributed by atoms with Crippen LogP contribution in [0.5, 0.6) is 5.75 Å². The molecule has 2 aromatic rings. The molecule has 23 heavy (non-hydrogen) atoms. The molecular weight excluding hydrogens is 303 g/mol. The van der Waals surface area contributed by atoms with Crippen LogP contribution in [0, 0.1) is 5.92 Å². The van der Waals surface area contributed by atoms with Gasteiger partial charge in [0.15, 0.2) is 0 Å². The topological polar surface area (TPSA) is 26.3 Å². The van der Waals surface area contributed by atoms with Gasteiger partial charge in [-0.05, 0) is 30.0 Å². The summed E-state index contributed by atoms with van der Waals surface area (Å²) < 4.78 is 19.8. The van der Waals surface area contributed by atoms with Crippen LogP contribution in [0.15, 0.2) is 48.5 Å². The Kier molecular flexibility index (Phi) is 4.92. The highest BCUT2D eigenvalue weighted by Crippen LogP contribution is 2.55. The van der Waals surface area contributed by atoms with Crippen molar-refractivity contribution in [1.29, 1.82) is 0 Å². The third-order valence-corrected chi connectivity index (χ3v) is 7.35. The quantitative estimate of drug-likeness (QED) is 0.620. The highest BCUT2D eigenvalue weighted by molar-refractivity contribution is 7.67. The number of hydrogen-bond donors (Lipinski definition) is 0. The Bertz CT molecular complexity index is 723. The molecule has 1 aliphatic heterocycles. The van der Waals surface area contributed by atoms with E-state index in [1.54, 1.807) is 0 Å². The van der Waals surface area contributed by atoms with E-state index in [0.717, 1.165) is 35.0 Å². The maximum atomic E-state index is 13.7. The molecule has 2 atom stereocenters. The van der Waals surface area contributed by atoms with E-state index in [0.29, 0.717) is 12.1 Å². The van der Waals surface area contributed by atoms with E-state index >= 15 is 0 Å². The van der Waals surface area contributed by atoms with E-state index in [-0.39, 0.29) is 0 Å². The second kappa shape index (κ2) is 6.93. The smallest absolute Gasteiger partial charge is 0.278 e. The lowest BCUT2D eigenvalue weighted by Crippen LogP contribution is -2.22. The van der Waals surface area contributed by atoms with Crippen molar-refractivity contribution >= 4 is 12.7 Å². The zero-order valence-electron chi connectivity index (χ0n) is 14.0. The summed E-state index contributed by atoms with van der Waals surface area (Å²) in [4.78, 5) is 0. The fourth-order valence-electron chi connectivity index (χ4n) is 3.37. The minimum atomic E-state index is -2.85. The average molecular weight is 328 g/mol. The van der Waals surface area contributed by atoms with Gasteiger partial charge in [-0.3, -0.25) is 4.57 Å². The number of hydrogen-bond acceptors (Lipinski definition) is 2. The van der Waals surface area contributed by atoms with Crippen molar-refractivity contribution in [2.75, 3.05) is 6.16 Å². The fourth-order valence-corrected chi connectivity index (χ4v) is 6.21. The first-order valence-electron chi connectivity index (χ1n) is 8.65. The van der Waals surface area contributed by atoms with Gasteiger partial charge in [0.25, 0.3) is 7.37 Å². The molecule has 1 heterocycles. The van der Waals surface area contributed by atoms with Crippen molar-refractivity contribution in [3.8, 4) is 16.9 Å². The van der Waals surface area contributed by atoms with Crippen LogP contribution in [0.25, 0.3) is 11.1 Å². The highest BCUT2D eigenvalue weighted by Gasteiger charge is 2.37. The Morgan fingerprint density at radius 1 is 1.00 bits per heavy atom. The molecule has 0 saturated carbocycles. The lowest BCUT2D eigenvalue weighted by molar-refractivity contribution is 0.447. The second-order valence-corrected chi connectivity index (χ2v) is 8.75. The van der Waals surface area contributed by atoms with Crippen molar-refractivity contribution < 1.29 is 9.09 Å². The van der Waals surface area contributed by atoms with Gasteiger partial charge in [0.05, 0.1) is 5.30 Å². The van der Waals surface area contributed by atoms with Crippen LogP contribution in [-0.2, 0) is 4.57 Å². The third kappa shape index (κ3) is 3.23. The molecule has 1 aliphatic rings. The molecule has 2 unspecified atom stereocenters. The van der Waals surface area contributed by atoms with Gasteiger partial charge >= 0.3 is 0 Å². The minimum absolute atomic E-state index is 0.458. The van der Waals surface area contributed by atoms with E-state index in [9.17, 15) is 4.57 Å². The molecule has 0 fully saturated rings. The van der Waals surface area contributed by atoms with E-state index in [4.69, 9.17) is 4.52 Å². The molecular formula is C20H25O2P. The van der Waals surface area contributed by atoms with Crippen molar-refractivity contribution in [3.63, 3.8) is 0 Å². The first kappa shape index (κ1) is 16.3. The Labute approximate surface area is 139 Å². The van der Waals surface area contributed by atoms with Crippen LogP contribution in [0.3, 0.4) is 0 Å². The van der Waals surface area contributed by atoms with Crippen LogP contribution in [0.4, 0.5) is 0 Å². The van der Waals surface area contributed by atoms with Crippen molar-refractivity contribution in [2.24, 2.45) is 5.92 Å². The summed E-state index contributed by atoms with van der Waals surface area (Å²) in [7, 11) is -2.85. The summed E-state index contributed by atoms with van der Waals surface area (Å²) >= 11 is 0. The summed E-state index contributed by atoms with van der Waals surface area (Å²) in [6, 6.07) is 16.0. The Hall–Kier alpha value is -1.53. The molecule has 3 rings (SSSR count). The number of fused-ring (bicyclic) bond motifs is 3. The summed E-state index contributed by atoms with van der Waals surface area (Å²) in [6.07, 6.45) is 5.20. The number of benzene rings is 2. The Morgan fingerprint density at radius 3 is 2.43 bits per heavy atom. The molecule has 3 heteroatoms. The lowest BCUT2D eigenvalue weighted by Gasteiger charge is -2.31. The number of unbranched alkanes of at least 4 members (excludes halogenated alkanes) is 1. The van der Waals surface area contributed by atoms with Gasteiger partial charge in [-0.1, -0.05) is 69.5 Å². The van der Waals surface area contributed by atoms with Crippen LogP contribution >= 0.6 is 7.37 Å². The molecule has 0 bridgehead atoms. The van der Waals surface area contributed by atoms with Gasteiger partial charge in [0.1, 0.15) is 5.75 Å². The SMILES string of the molecule is CCCCC(CC)CP1(=O)Oc2ccccc2-c2ccccc21. The maximum Gasteiger partial charge on any atom is 0.278 e. The standard InChI is InChI=1S/C20H25O2P/c1-3-5-10-16(4-2)15-23(21)20-14-9-7-12-18(20)17-11-6-8-13-19(17)22-23/h6-9,11-14,16H,3-5,10,15H2,1-2H3. The van der Waals surface area contributed by atoms with Gasteiger partial charge < -0.3 is 4.52 Å². The third-order valence-electron chi connectivity index (χ3n) is 4.74. The predicted octanol–water partition coefficient (Wildman–Crippen LogP) is 5.87. The lowest BCUT2D eigenvalue weighted by atomic mass is 10.0. The molecule has 0 aromatic heterocycles. The second-order valence-electron chi connectivity index (χ2n) is 6.38. The summed E-state index contributed by atoms with van der Waals surface area (Å²) in [5.74, 6) is 1.22. The number of rotatable bonds is 6. The number of para-hydroxylation sites is 1. The fraction of sp³-hybridized carbons (Fsp3) is 0.400. The maximum absolute atomic E-state index is 13.7. The monoisotopic (exact) mass is 328 g/mol. The molecule has 0 saturated heterocycles. The normalized spacial score (nSPS) is 20.3. The van der Waals surface area contributed by atoms with Gasteiger partial charge in [0.2, 0.25) is 0 Å². The zero-order chi connectivity index (χ0) is 16.3. The van der Waals surface area contributed by atoms with E-state index < -0.39 is 7.37 Å². The van der Waals surface area contributed by atoms with Crippen molar-refractivity contribution in [3.05, 3.63) is 48.5 Å². The molecule has 122 valence electrons. The van der Waals surface area contributed by atoms with Gasteiger partial charge in [-0.15, -0.1) is 0 Å². The predicted molar refractivity (Wildman–Crippen MR) is 97.9 cm³/mol. The average Bonchev–Trinajstić information content (AvgIpc) is 2.59.